The van der Waals surface area contributed by atoms with Crippen molar-refractivity contribution in [3.63, 3.8) is 0 Å². The number of allylic oxidation sites excluding steroid dienone is 3. The van der Waals surface area contributed by atoms with E-state index in [0.29, 0.717) is 43.1 Å². The number of aliphatic imine (C=N–C) groups is 2. The standard InChI is InChI=1S/C24H25N5O3/c30-21-19-3-1-2-4-20(19)25-23(26-21)28-11-9-27(10-12-28)22(31)17-5-7-18(8-6-17)29-13-24(14-29)15-32-16-24/h1-8,19H,9-16H2. The zero-order valence-electron chi connectivity index (χ0n) is 17.8. The zero-order valence-corrected chi connectivity index (χ0v) is 17.8. The predicted molar refractivity (Wildman–Crippen MR) is 121 cm³/mol. The van der Waals surface area contributed by atoms with Gasteiger partial charge in [-0.2, -0.15) is 4.99 Å². The minimum Gasteiger partial charge on any atom is -0.380 e. The van der Waals surface area contributed by atoms with Gasteiger partial charge in [0.05, 0.1) is 24.3 Å². The van der Waals surface area contributed by atoms with Gasteiger partial charge in [0, 0.05) is 50.5 Å². The van der Waals surface area contributed by atoms with E-state index in [4.69, 9.17) is 4.74 Å². The fourth-order valence-electron chi connectivity index (χ4n) is 4.92. The molecule has 0 aromatic heterocycles. The number of fused-ring (bicyclic) bond motifs is 1. The molecule has 3 saturated heterocycles. The lowest BCUT2D eigenvalue weighted by atomic mass is 9.78. The third-order valence-corrected chi connectivity index (χ3v) is 6.90. The number of ether oxygens (including phenoxy) is 1. The van der Waals surface area contributed by atoms with Crippen LogP contribution in [0.25, 0.3) is 0 Å². The van der Waals surface area contributed by atoms with E-state index in [9.17, 15) is 9.59 Å². The number of rotatable bonds is 2. The number of guanidine groups is 1. The molecule has 8 heteroatoms. The van der Waals surface area contributed by atoms with Crippen molar-refractivity contribution in [3.8, 4) is 0 Å². The molecule has 0 radical (unpaired) electrons. The summed E-state index contributed by atoms with van der Waals surface area (Å²) in [6.45, 7) is 6.17. The Bertz CT molecular complexity index is 1070. The number of carbonyl (C=O) groups excluding carboxylic acids is 2. The van der Waals surface area contributed by atoms with E-state index in [1.165, 1.54) is 0 Å². The van der Waals surface area contributed by atoms with Gasteiger partial charge in [-0.3, -0.25) is 9.59 Å². The Labute approximate surface area is 186 Å². The maximum absolute atomic E-state index is 13.0. The highest BCUT2D eigenvalue weighted by Gasteiger charge is 2.49. The third kappa shape index (κ3) is 3.26. The summed E-state index contributed by atoms with van der Waals surface area (Å²) in [7, 11) is 0. The summed E-state index contributed by atoms with van der Waals surface area (Å²) in [5.41, 5.74) is 2.97. The van der Waals surface area contributed by atoms with Gasteiger partial charge in [-0.1, -0.05) is 18.2 Å². The van der Waals surface area contributed by atoms with Crippen molar-refractivity contribution in [2.24, 2.45) is 21.3 Å². The van der Waals surface area contributed by atoms with Crippen LogP contribution in [-0.2, 0) is 9.53 Å². The zero-order chi connectivity index (χ0) is 21.7. The average molecular weight is 431 g/mol. The lowest BCUT2D eigenvalue weighted by Gasteiger charge is -2.56. The van der Waals surface area contributed by atoms with E-state index in [1.54, 1.807) is 0 Å². The Morgan fingerprint density at radius 1 is 0.969 bits per heavy atom. The molecule has 2 amide bonds. The molecular weight excluding hydrogens is 406 g/mol. The summed E-state index contributed by atoms with van der Waals surface area (Å²) < 4.78 is 5.34. The molecule has 1 atom stereocenters. The van der Waals surface area contributed by atoms with Crippen LogP contribution in [0, 0.1) is 11.3 Å². The molecule has 6 rings (SSSR count). The van der Waals surface area contributed by atoms with Gasteiger partial charge in [0.25, 0.3) is 11.8 Å². The van der Waals surface area contributed by atoms with Crippen LogP contribution in [0.3, 0.4) is 0 Å². The number of carbonyl (C=O) groups is 2. The van der Waals surface area contributed by atoms with E-state index in [-0.39, 0.29) is 17.7 Å². The van der Waals surface area contributed by atoms with Crippen LogP contribution in [0.4, 0.5) is 5.69 Å². The van der Waals surface area contributed by atoms with Crippen molar-refractivity contribution < 1.29 is 14.3 Å². The van der Waals surface area contributed by atoms with E-state index in [2.05, 4.69) is 14.9 Å². The molecule has 1 spiro atoms. The molecule has 3 fully saturated rings. The van der Waals surface area contributed by atoms with Crippen molar-refractivity contribution in [2.75, 3.05) is 57.4 Å². The second kappa shape index (κ2) is 7.41. The molecule has 8 nitrogen and oxygen atoms in total. The monoisotopic (exact) mass is 431 g/mol. The van der Waals surface area contributed by atoms with Crippen molar-refractivity contribution >= 4 is 29.2 Å². The SMILES string of the molecule is O=C1N=C(N2CCN(C(=O)c3ccc(N4CC5(COC5)C4)cc3)CC2)N=C2C=CC=CC12. The summed E-state index contributed by atoms with van der Waals surface area (Å²) in [5.74, 6) is -0.0421. The van der Waals surface area contributed by atoms with E-state index in [0.717, 1.165) is 37.7 Å². The number of hydrogen-bond donors (Lipinski definition) is 0. The van der Waals surface area contributed by atoms with Gasteiger partial charge in [-0.25, -0.2) is 4.99 Å². The molecule has 164 valence electrons. The number of nitrogens with zero attached hydrogens (tertiary/aromatic N) is 5. The number of hydrogen-bond acceptors (Lipinski definition) is 6. The summed E-state index contributed by atoms with van der Waals surface area (Å²) in [6.07, 6.45) is 7.42. The third-order valence-electron chi connectivity index (χ3n) is 6.90. The Hall–Kier alpha value is -3.26. The second-order valence-corrected chi connectivity index (χ2v) is 9.18. The van der Waals surface area contributed by atoms with Gasteiger partial charge >= 0.3 is 0 Å². The van der Waals surface area contributed by atoms with Crippen molar-refractivity contribution in [1.82, 2.24) is 9.80 Å². The van der Waals surface area contributed by atoms with Crippen LogP contribution >= 0.6 is 0 Å². The fraction of sp³-hybridized carbons (Fsp3) is 0.417. The highest BCUT2D eigenvalue weighted by molar-refractivity contribution is 6.21. The summed E-state index contributed by atoms with van der Waals surface area (Å²) >= 11 is 0. The van der Waals surface area contributed by atoms with Crippen molar-refractivity contribution in [3.05, 3.63) is 54.1 Å². The Morgan fingerprint density at radius 2 is 1.72 bits per heavy atom. The molecule has 1 unspecified atom stereocenters. The summed E-state index contributed by atoms with van der Waals surface area (Å²) in [6, 6.07) is 7.92. The van der Waals surface area contributed by atoms with Crippen LogP contribution in [-0.4, -0.2) is 85.8 Å². The Kier molecular flexibility index (Phi) is 4.50. The highest BCUT2D eigenvalue weighted by Crippen LogP contribution is 2.40. The van der Waals surface area contributed by atoms with Gasteiger partial charge in [-0.15, -0.1) is 0 Å². The van der Waals surface area contributed by atoms with Crippen LogP contribution in [0.15, 0.2) is 58.6 Å². The fourth-order valence-corrected chi connectivity index (χ4v) is 4.92. The first-order valence-electron chi connectivity index (χ1n) is 11.1. The number of piperazine rings is 1. The van der Waals surface area contributed by atoms with Crippen molar-refractivity contribution in [1.29, 1.82) is 0 Å². The predicted octanol–water partition coefficient (Wildman–Crippen LogP) is 1.36. The number of benzene rings is 1. The summed E-state index contributed by atoms with van der Waals surface area (Å²) in [4.78, 5) is 40.3. The largest absolute Gasteiger partial charge is 0.380 e. The lowest BCUT2D eigenvalue weighted by Crippen LogP contribution is -2.66. The number of amides is 2. The maximum atomic E-state index is 13.0. The minimum absolute atomic E-state index is 0.0389. The molecule has 1 aromatic rings. The van der Waals surface area contributed by atoms with Crippen LogP contribution in [0.5, 0.6) is 0 Å². The van der Waals surface area contributed by atoms with E-state index in [1.807, 2.05) is 58.4 Å². The van der Waals surface area contributed by atoms with Gasteiger partial charge in [0.2, 0.25) is 5.96 Å². The average Bonchev–Trinajstić information content (AvgIpc) is 2.77. The van der Waals surface area contributed by atoms with Gasteiger partial charge < -0.3 is 19.4 Å². The van der Waals surface area contributed by atoms with Crippen LogP contribution in [0.2, 0.25) is 0 Å². The molecule has 32 heavy (non-hydrogen) atoms. The Morgan fingerprint density at radius 3 is 2.41 bits per heavy atom. The number of anilines is 1. The molecule has 4 aliphatic heterocycles. The first-order chi connectivity index (χ1) is 15.6. The van der Waals surface area contributed by atoms with Gasteiger partial charge in [0.15, 0.2) is 0 Å². The van der Waals surface area contributed by atoms with Gasteiger partial charge in [-0.05, 0) is 30.3 Å². The maximum Gasteiger partial charge on any atom is 0.261 e. The molecular formula is C24H25N5O3. The first-order valence-corrected chi connectivity index (χ1v) is 11.1. The summed E-state index contributed by atoms with van der Waals surface area (Å²) in [5, 5.41) is 0. The topological polar surface area (TPSA) is 77.8 Å². The van der Waals surface area contributed by atoms with E-state index >= 15 is 0 Å². The molecule has 5 aliphatic rings. The normalized spacial score (nSPS) is 25.7. The molecule has 0 saturated carbocycles. The molecule has 1 aromatic carbocycles. The second-order valence-electron chi connectivity index (χ2n) is 9.18. The quantitative estimate of drug-likeness (QED) is 0.707. The molecule has 1 aliphatic carbocycles. The smallest absolute Gasteiger partial charge is 0.261 e. The van der Waals surface area contributed by atoms with Crippen LogP contribution < -0.4 is 4.90 Å². The lowest BCUT2D eigenvalue weighted by molar-refractivity contribution is -0.127. The molecule has 4 heterocycles. The minimum atomic E-state index is -0.363. The van der Waals surface area contributed by atoms with Gasteiger partial charge in [0.1, 0.15) is 5.92 Å². The van der Waals surface area contributed by atoms with Crippen LogP contribution in [0.1, 0.15) is 10.4 Å². The Balaban J connectivity index is 1.06. The molecule has 0 N–H and O–H groups in total. The van der Waals surface area contributed by atoms with Crippen molar-refractivity contribution in [2.45, 2.75) is 0 Å². The first kappa shape index (κ1) is 19.4. The van der Waals surface area contributed by atoms with E-state index < -0.39 is 0 Å². The highest BCUT2D eigenvalue weighted by atomic mass is 16.5. The molecule has 0 bridgehead atoms.